The van der Waals surface area contributed by atoms with Gasteiger partial charge in [0.1, 0.15) is 0 Å². The molecule has 0 amide bonds. The number of hydrogen-bond acceptors (Lipinski definition) is 0. The number of hydrogen-bond donors (Lipinski definition) is 0. The van der Waals surface area contributed by atoms with Gasteiger partial charge in [-0.05, 0) is 0 Å². The second-order valence-electron chi connectivity index (χ2n) is 4.72. The first-order valence-corrected chi connectivity index (χ1v) is 12.3. The van der Waals surface area contributed by atoms with Crippen LogP contribution in [0.4, 0.5) is 0 Å². The average Bonchev–Trinajstić information content (AvgIpc) is 1.91. The predicted molar refractivity (Wildman–Crippen MR) is 58.2 cm³/mol. The van der Waals surface area contributed by atoms with Crippen LogP contribution in [0.5, 0.6) is 0 Å². The summed E-state index contributed by atoms with van der Waals surface area (Å²) in [6.45, 7) is 2.14. The third-order valence-electron chi connectivity index (χ3n) is 1.86. The summed E-state index contributed by atoms with van der Waals surface area (Å²) in [4.78, 5) is 0. The summed E-state index contributed by atoms with van der Waals surface area (Å²) in [6.07, 6.45) is 0. The molecule has 0 atom stereocenters. The van der Waals surface area contributed by atoms with Crippen LogP contribution in [0.25, 0.3) is 0 Å². The third-order valence-corrected chi connectivity index (χ3v) is 4.94. The predicted octanol–water partition coefficient (Wildman–Crippen LogP) is 3.41. The van der Waals surface area contributed by atoms with Gasteiger partial charge in [0.25, 0.3) is 0 Å². The summed E-state index contributed by atoms with van der Waals surface area (Å²) < 4.78 is 0. The minimum atomic E-state index is -1.38. The summed E-state index contributed by atoms with van der Waals surface area (Å²) in [5.41, 5.74) is 2.88. The zero-order valence-electron chi connectivity index (χ0n) is 8.52. The Morgan fingerprint density at radius 2 is 1.50 bits per heavy atom. The van der Waals surface area contributed by atoms with Gasteiger partial charge < -0.3 is 0 Å². The van der Waals surface area contributed by atoms with Crippen LogP contribution in [0.1, 0.15) is 11.1 Å². The van der Waals surface area contributed by atoms with Gasteiger partial charge in [0.15, 0.2) is 0 Å². The minimum absolute atomic E-state index is 1.35. The molecule has 0 nitrogen and oxygen atoms in total. The van der Waals surface area contributed by atoms with E-state index in [2.05, 4.69) is 48.5 Å². The standard InChI is InChI=1S/C11H18Ge/c1-10-5-7-11(8-6-10)9-12(2,3)4/h5-8H,9H2,1-4H3. The second-order valence-corrected chi connectivity index (χ2v) is 16.2. The van der Waals surface area contributed by atoms with Crippen molar-refractivity contribution in [3.8, 4) is 0 Å². The van der Waals surface area contributed by atoms with Crippen molar-refractivity contribution in [1.29, 1.82) is 0 Å². The van der Waals surface area contributed by atoms with Crippen LogP contribution in [-0.2, 0) is 5.25 Å². The SMILES string of the molecule is Cc1ccc([CH2][Ge]([CH3])([CH3])[CH3])cc1. The first-order valence-electron chi connectivity index (χ1n) is 4.53. The monoisotopic (exact) mass is 224 g/mol. The van der Waals surface area contributed by atoms with Crippen molar-refractivity contribution in [1.82, 2.24) is 0 Å². The van der Waals surface area contributed by atoms with Crippen LogP contribution in [0.3, 0.4) is 0 Å². The molecule has 0 spiro atoms. The Morgan fingerprint density at radius 1 is 1.00 bits per heavy atom. The molecule has 0 bridgehead atoms. The molecule has 1 heteroatoms. The number of benzene rings is 1. The molecule has 0 aliphatic rings. The van der Waals surface area contributed by atoms with Crippen LogP contribution in [0, 0.1) is 6.92 Å². The Labute approximate surface area is 78.4 Å². The van der Waals surface area contributed by atoms with Crippen molar-refractivity contribution in [2.45, 2.75) is 29.4 Å². The van der Waals surface area contributed by atoms with Crippen LogP contribution in [-0.4, -0.2) is 13.3 Å². The zero-order chi connectivity index (χ0) is 9.19. The summed E-state index contributed by atoms with van der Waals surface area (Å²) in [7, 11) is 0. The van der Waals surface area contributed by atoms with Crippen molar-refractivity contribution in [2.24, 2.45) is 0 Å². The van der Waals surface area contributed by atoms with E-state index in [9.17, 15) is 0 Å². The number of rotatable bonds is 2. The van der Waals surface area contributed by atoms with Crippen molar-refractivity contribution >= 4 is 13.3 Å². The maximum atomic E-state index is 2.46. The fraction of sp³-hybridized carbons (Fsp3) is 0.455. The van der Waals surface area contributed by atoms with Crippen LogP contribution >= 0.6 is 0 Å². The van der Waals surface area contributed by atoms with Crippen molar-refractivity contribution < 1.29 is 0 Å². The van der Waals surface area contributed by atoms with Gasteiger partial charge in [-0.3, -0.25) is 0 Å². The van der Waals surface area contributed by atoms with E-state index in [-0.39, 0.29) is 0 Å². The summed E-state index contributed by atoms with van der Waals surface area (Å²) in [5.74, 6) is 7.37. The molecule has 1 aromatic rings. The Morgan fingerprint density at radius 3 is 1.92 bits per heavy atom. The average molecular weight is 223 g/mol. The van der Waals surface area contributed by atoms with Gasteiger partial charge in [-0.25, -0.2) is 0 Å². The molecule has 0 aliphatic heterocycles. The molecule has 0 saturated heterocycles. The molecule has 0 fully saturated rings. The van der Waals surface area contributed by atoms with Gasteiger partial charge in [-0.15, -0.1) is 0 Å². The Hall–Kier alpha value is -0.237. The van der Waals surface area contributed by atoms with Gasteiger partial charge in [0.05, 0.1) is 0 Å². The molecule has 0 saturated carbocycles. The Kier molecular flexibility index (Phi) is 3.00. The number of aryl methyl sites for hydroxylation is 1. The van der Waals surface area contributed by atoms with E-state index in [0.717, 1.165) is 0 Å². The maximum absolute atomic E-state index is 2.46. The quantitative estimate of drug-likeness (QED) is 0.673. The normalized spacial score (nSPS) is 11.7. The van der Waals surface area contributed by atoms with E-state index < -0.39 is 13.3 Å². The van der Waals surface area contributed by atoms with Gasteiger partial charge in [0, 0.05) is 0 Å². The topological polar surface area (TPSA) is 0 Å². The molecule has 1 aromatic carbocycles. The first kappa shape index (κ1) is 9.85. The van der Waals surface area contributed by atoms with E-state index in [4.69, 9.17) is 0 Å². The molecule has 1 rings (SSSR count). The first-order chi connectivity index (χ1) is 5.47. The molecule has 0 heterocycles. The molecule has 0 aromatic heterocycles. The third kappa shape index (κ3) is 3.44. The van der Waals surface area contributed by atoms with Crippen molar-refractivity contribution in [3.05, 3.63) is 35.4 Å². The molecule has 0 aliphatic carbocycles. The van der Waals surface area contributed by atoms with Gasteiger partial charge in [0.2, 0.25) is 0 Å². The van der Waals surface area contributed by atoms with Crippen LogP contribution in [0.15, 0.2) is 24.3 Å². The summed E-state index contributed by atoms with van der Waals surface area (Å²) in [5, 5.41) is 1.35. The Bertz CT molecular complexity index is 241. The Balaban J connectivity index is 2.71. The summed E-state index contributed by atoms with van der Waals surface area (Å²) >= 11 is -1.38. The van der Waals surface area contributed by atoms with E-state index in [0.29, 0.717) is 0 Å². The van der Waals surface area contributed by atoms with Crippen molar-refractivity contribution in [2.75, 3.05) is 0 Å². The molecule has 0 unspecified atom stereocenters. The van der Waals surface area contributed by atoms with E-state index >= 15 is 0 Å². The molecular weight excluding hydrogens is 205 g/mol. The van der Waals surface area contributed by atoms with E-state index in [1.807, 2.05) is 0 Å². The molecule has 66 valence electrons. The van der Waals surface area contributed by atoms with Crippen LogP contribution in [0.2, 0.25) is 17.3 Å². The molecule has 12 heavy (non-hydrogen) atoms. The molecule has 0 radical (unpaired) electrons. The van der Waals surface area contributed by atoms with Crippen LogP contribution < -0.4 is 0 Å². The van der Waals surface area contributed by atoms with E-state index in [1.54, 1.807) is 0 Å². The van der Waals surface area contributed by atoms with Gasteiger partial charge >= 0.3 is 78.1 Å². The van der Waals surface area contributed by atoms with Crippen molar-refractivity contribution in [3.63, 3.8) is 0 Å². The summed E-state index contributed by atoms with van der Waals surface area (Å²) in [6, 6.07) is 8.96. The second kappa shape index (κ2) is 3.65. The molecular formula is C11H18Ge. The fourth-order valence-electron chi connectivity index (χ4n) is 1.32. The van der Waals surface area contributed by atoms with Gasteiger partial charge in [-0.1, -0.05) is 0 Å². The fourth-order valence-corrected chi connectivity index (χ4v) is 4.38. The molecule has 0 N–H and O–H groups in total. The van der Waals surface area contributed by atoms with E-state index in [1.165, 1.54) is 16.4 Å². The zero-order valence-corrected chi connectivity index (χ0v) is 10.6. The van der Waals surface area contributed by atoms with Gasteiger partial charge in [-0.2, -0.15) is 0 Å².